The molecule has 0 saturated carbocycles. The van der Waals surface area contributed by atoms with E-state index in [1.807, 2.05) is 0 Å². The lowest BCUT2D eigenvalue weighted by Gasteiger charge is -2.04. The van der Waals surface area contributed by atoms with Crippen LogP contribution in [0.2, 0.25) is 0 Å². The summed E-state index contributed by atoms with van der Waals surface area (Å²) in [5, 5.41) is 20.0. The average Bonchev–Trinajstić information content (AvgIpc) is 2.37. The summed E-state index contributed by atoms with van der Waals surface area (Å²) in [6, 6.07) is 4.90. The highest BCUT2D eigenvalue weighted by molar-refractivity contribution is 7.99. The summed E-state index contributed by atoms with van der Waals surface area (Å²) in [6.45, 7) is 0. The van der Waals surface area contributed by atoms with Gasteiger partial charge in [0.2, 0.25) is 0 Å². The minimum atomic E-state index is -1.25. The Morgan fingerprint density at radius 2 is 1.86 bits per heavy atom. The lowest BCUT2D eigenvalue weighted by molar-refractivity contribution is -0.387. The predicted octanol–water partition coefficient (Wildman–Crippen LogP) is 1.40. The summed E-state index contributed by atoms with van der Waals surface area (Å²) in [6.07, 6.45) is 0. The summed E-state index contributed by atoms with van der Waals surface area (Å²) < 4.78 is 0. The molecule has 21 heavy (non-hydrogen) atoms. The third-order valence-electron chi connectivity index (χ3n) is 2.35. The van der Waals surface area contributed by atoms with Gasteiger partial charge in [0.15, 0.2) is 5.16 Å². The Balaban J connectivity index is 2.43. The number of carbonyl (C=O) groups is 1. The fourth-order valence-electron chi connectivity index (χ4n) is 1.49. The van der Waals surface area contributed by atoms with E-state index in [1.165, 1.54) is 18.2 Å². The molecule has 1 heterocycles. The zero-order valence-corrected chi connectivity index (χ0v) is 11.2. The molecule has 0 radical (unpaired) electrons. The van der Waals surface area contributed by atoms with Crippen LogP contribution >= 0.6 is 11.8 Å². The van der Waals surface area contributed by atoms with Gasteiger partial charge in [-0.3, -0.25) is 10.1 Å². The zero-order chi connectivity index (χ0) is 15.6. The second-order valence-electron chi connectivity index (χ2n) is 3.85. The Morgan fingerprint density at radius 1 is 1.24 bits per heavy atom. The van der Waals surface area contributed by atoms with Crippen molar-refractivity contribution in [1.82, 2.24) is 9.97 Å². The molecule has 9 nitrogen and oxygen atoms in total. The molecule has 0 bridgehead atoms. The number of nitro benzene ring substituents is 1. The van der Waals surface area contributed by atoms with Crippen molar-refractivity contribution in [2.75, 3.05) is 11.5 Å². The van der Waals surface area contributed by atoms with Gasteiger partial charge in [0.05, 0.1) is 15.4 Å². The maximum atomic E-state index is 11.0. The standard InChI is InChI=1S/C11H9N5O4S/c12-8-4-9(13)15-11(14-8)21-7-2-1-5(10(17)18)3-6(7)16(19)20/h1-4H,(H,17,18)(H4,12,13,14,15). The van der Waals surface area contributed by atoms with Crippen molar-refractivity contribution in [2.24, 2.45) is 0 Å². The van der Waals surface area contributed by atoms with E-state index in [4.69, 9.17) is 16.6 Å². The topological polar surface area (TPSA) is 158 Å². The van der Waals surface area contributed by atoms with Crippen molar-refractivity contribution < 1.29 is 14.8 Å². The summed E-state index contributed by atoms with van der Waals surface area (Å²) >= 11 is 0.874. The molecule has 0 unspecified atom stereocenters. The van der Waals surface area contributed by atoms with E-state index >= 15 is 0 Å². The van der Waals surface area contributed by atoms with Gasteiger partial charge in [0.1, 0.15) is 11.6 Å². The summed E-state index contributed by atoms with van der Waals surface area (Å²) in [4.78, 5) is 29.2. The number of hydrogen-bond donors (Lipinski definition) is 3. The minimum Gasteiger partial charge on any atom is -0.478 e. The van der Waals surface area contributed by atoms with Gasteiger partial charge in [-0.25, -0.2) is 14.8 Å². The van der Waals surface area contributed by atoms with E-state index in [9.17, 15) is 14.9 Å². The predicted molar refractivity (Wildman–Crippen MR) is 75.0 cm³/mol. The van der Waals surface area contributed by atoms with Crippen LogP contribution in [0.4, 0.5) is 17.3 Å². The van der Waals surface area contributed by atoms with Crippen molar-refractivity contribution in [1.29, 1.82) is 0 Å². The molecule has 2 aromatic rings. The minimum absolute atomic E-state index is 0.134. The quantitative estimate of drug-likeness (QED) is 0.431. The van der Waals surface area contributed by atoms with Gasteiger partial charge in [-0.1, -0.05) is 0 Å². The van der Waals surface area contributed by atoms with E-state index in [-0.39, 0.29) is 32.9 Å². The van der Waals surface area contributed by atoms with Crippen LogP contribution < -0.4 is 11.5 Å². The molecular weight excluding hydrogens is 298 g/mol. The first-order valence-electron chi connectivity index (χ1n) is 5.46. The van der Waals surface area contributed by atoms with Crippen LogP contribution in [0.1, 0.15) is 10.4 Å². The molecule has 0 aliphatic heterocycles. The van der Waals surface area contributed by atoms with Gasteiger partial charge < -0.3 is 16.6 Å². The Labute approximate surface area is 122 Å². The number of nitrogens with zero attached hydrogens (tertiary/aromatic N) is 3. The van der Waals surface area contributed by atoms with E-state index in [0.29, 0.717) is 0 Å². The molecule has 0 spiro atoms. The molecule has 0 aliphatic rings. The number of aromatic nitrogens is 2. The highest BCUT2D eigenvalue weighted by atomic mass is 32.2. The number of carboxylic acids is 1. The third kappa shape index (κ3) is 3.36. The lowest BCUT2D eigenvalue weighted by atomic mass is 10.2. The number of nitrogen functional groups attached to an aromatic ring is 2. The molecule has 0 fully saturated rings. The third-order valence-corrected chi connectivity index (χ3v) is 3.28. The van der Waals surface area contributed by atoms with E-state index < -0.39 is 10.9 Å². The average molecular weight is 307 g/mol. The Kier molecular flexibility index (Phi) is 3.89. The van der Waals surface area contributed by atoms with Crippen LogP contribution in [0.5, 0.6) is 0 Å². The van der Waals surface area contributed by atoms with Gasteiger partial charge in [-0.2, -0.15) is 0 Å². The van der Waals surface area contributed by atoms with Gasteiger partial charge in [-0.15, -0.1) is 0 Å². The number of nitrogens with two attached hydrogens (primary N) is 2. The Morgan fingerprint density at radius 3 is 2.38 bits per heavy atom. The molecule has 5 N–H and O–H groups in total. The number of carboxylic acid groups (broad SMARTS) is 1. The molecule has 0 atom stereocenters. The molecule has 0 saturated heterocycles. The first-order chi connectivity index (χ1) is 9.86. The van der Waals surface area contributed by atoms with Crippen molar-refractivity contribution >= 4 is 35.1 Å². The van der Waals surface area contributed by atoms with Crippen LogP contribution in [-0.2, 0) is 0 Å². The van der Waals surface area contributed by atoms with E-state index in [1.54, 1.807) is 0 Å². The van der Waals surface area contributed by atoms with Crippen LogP contribution in [-0.4, -0.2) is 26.0 Å². The molecule has 2 rings (SSSR count). The van der Waals surface area contributed by atoms with Crippen molar-refractivity contribution in [3.8, 4) is 0 Å². The maximum absolute atomic E-state index is 11.0. The number of aromatic carboxylic acids is 1. The Hall–Kier alpha value is -2.88. The van der Waals surface area contributed by atoms with Crippen molar-refractivity contribution in [3.63, 3.8) is 0 Å². The van der Waals surface area contributed by atoms with Crippen LogP contribution in [0.15, 0.2) is 34.3 Å². The number of hydrogen-bond acceptors (Lipinski definition) is 8. The first kappa shape index (κ1) is 14.5. The number of anilines is 2. The Bertz CT molecular complexity index is 716. The van der Waals surface area contributed by atoms with E-state index in [0.717, 1.165) is 17.8 Å². The maximum Gasteiger partial charge on any atom is 0.335 e. The molecule has 108 valence electrons. The molecule has 1 aromatic heterocycles. The first-order valence-corrected chi connectivity index (χ1v) is 6.28. The smallest absolute Gasteiger partial charge is 0.335 e. The highest BCUT2D eigenvalue weighted by Gasteiger charge is 2.19. The summed E-state index contributed by atoms with van der Waals surface area (Å²) in [5.41, 5.74) is 10.5. The fraction of sp³-hybridized carbons (Fsp3) is 0. The van der Waals surface area contributed by atoms with Crippen LogP contribution in [0.3, 0.4) is 0 Å². The SMILES string of the molecule is Nc1cc(N)nc(Sc2ccc(C(=O)O)cc2[N+](=O)[O-])n1. The zero-order valence-electron chi connectivity index (χ0n) is 10.4. The largest absolute Gasteiger partial charge is 0.478 e. The summed E-state index contributed by atoms with van der Waals surface area (Å²) in [7, 11) is 0. The lowest BCUT2D eigenvalue weighted by Crippen LogP contribution is -2.01. The summed E-state index contributed by atoms with van der Waals surface area (Å²) in [5.74, 6) is -0.983. The monoisotopic (exact) mass is 307 g/mol. The molecule has 1 aromatic carbocycles. The van der Waals surface area contributed by atoms with Gasteiger partial charge in [0.25, 0.3) is 5.69 Å². The molecule has 0 aliphatic carbocycles. The van der Waals surface area contributed by atoms with Crippen molar-refractivity contribution in [2.45, 2.75) is 10.1 Å². The van der Waals surface area contributed by atoms with E-state index in [2.05, 4.69) is 9.97 Å². The molecule has 0 amide bonds. The number of benzene rings is 1. The molecule has 10 heteroatoms. The van der Waals surface area contributed by atoms with Gasteiger partial charge in [0, 0.05) is 12.1 Å². The second kappa shape index (κ2) is 5.63. The highest BCUT2D eigenvalue weighted by Crippen LogP contribution is 2.34. The van der Waals surface area contributed by atoms with Crippen LogP contribution in [0.25, 0.3) is 0 Å². The number of rotatable bonds is 4. The normalized spacial score (nSPS) is 10.3. The van der Waals surface area contributed by atoms with Gasteiger partial charge in [-0.05, 0) is 23.9 Å². The van der Waals surface area contributed by atoms with Crippen LogP contribution in [0, 0.1) is 10.1 Å². The van der Waals surface area contributed by atoms with Gasteiger partial charge >= 0.3 is 5.97 Å². The fourth-order valence-corrected chi connectivity index (χ4v) is 2.36. The number of nitro groups is 1. The second-order valence-corrected chi connectivity index (χ2v) is 4.86. The van der Waals surface area contributed by atoms with Crippen molar-refractivity contribution in [3.05, 3.63) is 39.9 Å². The molecular formula is C11H9N5O4S.